The van der Waals surface area contributed by atoms with Gasteiger partial charge in [-0.25, -0.2) is 9.80 Å². The lowest BCUT2D eigenvalue weighted by molar-refractivity contribution is -0.166. The topological polar surface area (TPSA) is 106 Å². The van der Waals surface area contributed by atoms with Crippen LogP contribution in [-0.2, 0) is 20.9 Å². The number of hydrogen-bond acceptors (Lipinski definition) is 7. The first-order valence-corrected chi connectivity index (χ1v) is 18.8. The summed E-state index contributed by atoms with van der Waals surface area (Å²) in [7, 11) is 0. The van der Waals surface area contributed by atoms with Gasteiger partial charge >= 0.3 is 6.09 Å². The smallest absolute Gasteiger partial charge is 0.411 e. The average Bonchev–Trinajstić information content (AvgIpc) is 3.15. The number of piperidine rings is 1. The maximum absolute atomic E-state index is 13.9. The van der Waals surface area contributed by atoms with E-state index >= 15 is 0 Å². The van der Waals surface area contributed by atoms with Gasteiger partial charge in [-0.3, -0.25) is 19.9 Å². The Hall–Kier alpha value is -4.41. The molecular weight excluding hydrogens is 642 g/mol. The van der Waals surface area contributed by atoms with Gasteiger partial charge < -0.3 is 19.6 Å². The summed E-state index contributed by atoms with van der Waals surface area (Å²) in [5, 5.41) is 16.1. The number of aromatic hydroxyl groups is 1. The van der Waals surface area contributed by atoms with E-state index in [1.165, 1.54) is 0 Å². The summed E-state index contributed by atoms with van der Waals surface area (Å²) in [6, 6.07) is 24.4. The van der Waals surface area contributed by atoms with Crippen LogP contribution < -0.4 is 5.32 Å². The fraction of sp³-hybridized carbons (Fsp3) is 0.488. The van der Waals surface area contributed by atoms with Crippen molar-refractivity contribution < 1.29 is 24.2 Å². The number of hydrazine groups is 1. The molecule has 1 heterocycles. The molecule has 0 unspecified atom stereocenters. The van der Waals surface area contributed by atoms with Gasteiger partial charge in [0.05, 0.1) is 12.2 Å². The number of hydrogen-bond donors (Lipinski definition) is 2. The van der Waals surface area contributed by atoms with Crippen molar-refractivity contribution in [3.8, 4) is 16.9 Å². The third kappa shape index (κ3) is 12.7. The first-order chi connectivity index (χ1) is 24.8. The summed E-state index contributed by atoms with van der Waals surface area (Å²) in [6.07, 6.45) is 4.82. The lowest BCUT2D eigenvalue weighted by atomic mass is 10.0. The van der Waals surface area contributed by atoms with Gasteiger partial charge in [0.25, 0.3) is 0 Å². The van der Waals surface area contributed by atoms with Crippen LogP contribution in [0.1, 0.15) is 77.7 Å². The first kappa shape index (κ1) is 39.4. The third-order valence-corrected chi connectivity index (χ3v) is 9.57. The predicted octanol–water partition coefficient (Wildman–Crippen LogP) is 7.55. The van der Waals surface area contributed by atoms with Crippen LogP contribution in [0.3, 0.4) is 0 Å². The highest BCUT2D eigenvalue weighted by atomic mass is 16.6. The third-order valence-electron chi connectivity index (χ3n) is 9.57. The molecule has 51 heavy (non-hydrogen) atoms. The minimum atomic E-state index is -0.467. The van der Waals surface area contributed by atoms with Gasteiger partial charge in [0.15, 0.2) is 0 Å². The number of rotatable bonds is 18. The molecule has 2 N–H and O–H groups in total. The van der Waals surface area contributed by atoms with Crippen molar-refractivity contribution in [2.24, 2.45) is 0 Å². The van der Waals surface area contributed by atoms with Crippen molar-refractivity contribution >= 4 is 23.6 Å². The lowest BCUT2D eigenvalue weighted by Gasteiger charge is -2.37. The molecule has 0 saturated carbocycles. The molecule has 3 aromatic rings. The van der Waals surface area contributed by atoms with Gasteiger partial charge in [0.2, 0.25) is 11.8 Å². The number of phenols is 1. The maximum Gasteiger partial charge on any atom is 0.411 e. The zero-order valence-corrected chi connectivity index (χ0v) is 30.8. The Bertz CT molecular complexity index is 1490. The molecule has 1 aliphatic heterocycles. The van der Waals surface area contributed by atoms with Crippen LogP contribution in [0.4, 0.5) is 10.5 Å². The number of phenolic OH excluding ortho intramolecular Hbond substituents is 1. The van der Waals surface area contributed by atoms with E-state index in [4.69, 9.17) is 4.74 Å². The maximum atomic E-state index is 13.9. The van der Waals surface area contributed by atoms with Crippen molar-refractivity contribution in [2.45, 2.75) is 84.8 Å². The molecule has 1 saturated heterocycles. The fourth-order valence-corrected chi connectivity index (χ4v) is 6.48. The largest absolute Gasteiger partial charge is 0.508 e. The normalized spacial score (nSPS) is 13.6. The van der Waals surface area contributed by atoms with E-state index in [1.54, 1.807) is 34.3 Å². The van der Waals surface area contributed by atoms with Crippen LogP contribution in [0.15, 0.2) is 78.9 Å². The number of likely N-dealkylation sites (tertiary alicyclic amines) is 1. The Morgan fingerprint density at radius 2 is 1.45 bits per heavy atom. The van der Waals surface area contributed by atoms with Crippen LogP contribution in [0.5, 0.6) is 5.75 Å². The summed E-state index contributed by atoms with van der Waals surface area (Å²) < 4.78 is 5.82. The number of benzene rings is 3. The van der Waals surface area contributed by atoms with E-state index in [0.717, 1.165) is 62.0 Å². The first-order valence-electron chi connectivity index (χ1n) is 18.8. The number of ether oxygens (including phenoxy) is 1. The monoisotopic (exact) mass is 699 g/mol. The van der Waals surface area contributed by atoms with E-state index < -0.39 is 6.09 Å². The molecule has 0 radical (unpaired) electrons. The number of nitrogens with one attached hydrogen (secondary N) is 1. The van der Waals surface area contributed by atoms with Gasteiger partial charge in [0.1, 0.15) is 11.9 Å². The molecule has 0 aliphatic carbocycles. The predicted molar refractivity (Wildman–Crippen MR) is 203 cm³/mol. The number of carbonyl (C=O) groups is 3. The molecule has 4 rings (SSSR count). The second-order valence-corrected chi connectivity index (χ2v) is 13.2. The minimum Gasteiger partial charge on any atom is -0.508 e. The van der Waals surface area contributed by atoms with Crippen LogP contribution >= 0.6 is 0 Å². The second kappa shape index (κ2) is 21.1. The number of amides is 3. The van der Waals surface area contributed by atoms with Crippen molar-refractivity contribution in [2.75, 3.05) is 51.1 Å². The Balaban J connectivity index is 1.33. The summed E-state index contributed by atoms with van der Waals surface area (Å²) in [5.41, 5.74) is 3.51. The van der Waals surface area contributed by atoms with E-state index in [-0.39, 0.29) is 36.6 Å². The van der Waals surface area contributed by atoms with Crippen LogP contribution in [0, 0.1) is 0 Å². The molecule has 10 nitrogen and oxygen atoms in total. The van der Waals surface area contributed by atoms with E-state index in [2.05, 4.69) is 35.9 Å². The SMILES string of the molecule is CCCCCN(C(=O)CCN1CCC(OC(=O)Nc2ccccc2-c2ccccc2)CC1)N(Cc1ccc(O)cc1)C(=O)CCCN(CC)CC. The van der Waals surface area contributed by atoms with Crippen molar-refractivity contribution in [3.05, 3.63) is 84.4 Å². The van der Waals surface area contributed by atoms with E-state index in [0.29, 0.717) is 51.1 Å². The molecule has 1 aliphatic rings. The molecular formula is C41H57N5O5. The van der Waals surface area contributed by atoms with Crippen LogP contribution in [0.25, 0.3) is 11.1 Å². The van der Waals surface area contributed by atoms with Gasteiger partial charge in [-0.1, -0.05) is 94.3 Å². The average molecular weight is 700 g/mol. The second-order valence-electron chi connectivity index (χ2n) is 13.2. The summed E-state index contributed by atoms with van der Waals surface area (Å²) in [6.45, 7) is 11.8. The van der Waals surface area contributed by atoms with Gasteiger partial charge in [-0.2, -0.15) is 0 Å². The molecule has 0 bridgehead atoms. The highest BCUT2D eigenvalue weighted by Gasteiger charge is 2.28. The molecule has 3 amide bonds. The van der Waals surface area contributed by atoms with Crippen LogP contribution in [0.2, 0.25) is 0 Å². The van der Waals surface area contributed by atoms with Crippen molar-refractivity contribution in [3.63, 3.8) is 0 Å². The molecule has 276 valence electrons. The quantitative estimate of drug-likeness (QED) is 0.104. The molecule has 0 aromatic heterocycles. The summed E-state index contributed by atoms with van der Waals surface area (Å²) in [5.74, 6) is 0.0226. The van der Waals surface area contributed by atoms with E-state index in [1.807, 2.05) is 54.6 Å². The molecule has 0 atom stereocenters. The molecule has 0 spiro atoms. The van der Waals surface area contributed by atoms with Gasteiger partial charge in [-0.05, 0) is 74.6 Å². The van der Waals surface area contributed by atoms with Crippen molar-refractivity contribution in [1.29, 1.82) is 0 Å². The minimum absolute atomic E-state index is 0.0669. The molecule has 10 heteroatoms. The highest BCUT2D eigenvalue weighted by Crippen LogP contribution is 2.28. The zero-order valence-electron chi connectivity index (χ0n) is 30.8. The summed E-state index contributed by atoms with van der Waals surface area (Å²) >= 11 is 0. The lowest BCUT2D eigenvalue weighted by Crippen LogP contribution is -2.50. The van der Waals surface area contributed by atoms with Crippen molar-refractivity contribution in [1.82, 2.24) is 19.8 Å². The van der Waals surface area contributed by atoms with E-state index in [9.17, 15) is 19.5 Å². The number of nitrogens with zero attached hydrogens (tertiary/aromatic N) is 4. The Morgan fingerprint density at radius 1 is 0.784 bits per heavy atom. The van der Waals surface area contributed by atoms with Gasteiger partial charge in [-0.15, -0.1) is 0 Å². The molecule has 1 fully saturated rings. The number of unbranched alkanes of at least 4 members (excludes halogenated alkanes) is 2. The number of para-hydroxylation sites is 1. The van der Waals surface area contributed by atoms with Crippen LogP contribution in [-0.4, -0.2) is 94.7 Å². The molecule has 3 aromatic carbocycles. The fourth-order valence-electron chi connectivity index (χ4n) is 6.48. The standard InChI is InChI=1S/C41H57N5O5/c1-4-7-13-28-45(46(32-33-20-22-35(47)23-21-33)39(48)19-14-27-43(5-2)6-3)40(49)26-31-44-29-24-36(25-30-44)51-41(50)42-38-18-12-11-17-37(38)34-15-9-8-10-16-34/h8-12,15-18,20-23,36,47H,4-7,13-14,19,24-32H2,1-3H3,(H,42,50). The van der Waals surface area contributed by atoms with Gasteiger partial charge in [0, 0.05) is 44.6 Å². The Kier molecular flexibility index (Phi) is 16.3. The summed E-state index contributed by atoms with van der Waals surface area (Å²) in [4.78, 5) is 45.2. The number of anilines is 1. The Morgan fingerprint density at radius 3 is 2.14 bits per heavy atom. The number of carbonyl (C=O) groups excluding carboxylic acids is 3. The zero-order chi connectivity index (χ0) is 36.4. The highest BCUT2D eigenvalue weighted by molar-refractivity contribution is 5.91. The Labute approximate surface area is 304 Å².